The Balaban J connectivity index is 3.45. The molecule has 1 aromatic carbocycles. The number of carbonyl (C=O) groups excluding carboxylic acids is 1. The van der Waals surface area contributed by atoms with E-state index < -0.39 is 31.4 Å². The Bertz CT molecular complexity index is 657. The van der Waals surface area contributed by atoms with Crippen LogP contribution in [0.3, 0.4) is 0 Å². The van der Waals surface area contributed by atoms with Gasteiger partial charge in [0.2, 0.25) is 10.0 Å². The number of non-ortho nitro benzene ring substituents is 1. The summed E-state index contributed by atoms with van der Waals surface area (Å²) in [6.07, 6.45) is 0.712. The third kappa shape index (κ3) is 3.76. The molecule has 9 heteroatoms. The molecule has 0 aliphatic carbocycles. The van der Waals surface area contributed by atoms with Crippen LogP contribution in [0.1, 0.15) is 23.7 Å². The number of nitrogens with one attached hydrogen (secondary N) is 1. The van der Waals surface area contributed by atoms with Crippen LogP contribution < -0.4 is 4.72 Å². The zero-order valence-corrected chi connectivity index (χ0v) is 12.8. The highest BCUT2D eigenvalue weighted by Gasteiger charge is 2.25. The molecule has 0 radical (unpaired) electrons. The van der Waals surface area contributed by atoms with E-state index >= 15 is 0 Å². The molecule has 0 aromatic heterocycles. The van der Waals surface area contributed by atoms with E-state index in [-0.39, 0.29) is 5.56 Å². The van der Waals surface area contributed by atoms with Crippen LogP contribution in [-0.4, -0.2) is 44.8 Å². The van der Waals surface area contributed by atoms with Gasteiger partial charge < -0.3 is 4.90 Å². The second-order valence-corrected chi connectivity index (χ2v) is 6.23. The number of hydrogen-bond donors (Lipinski definition) is 1. The molecule has 0 aliphatic rings. The molecule has 1 aromatic rings. The number of carbonyl (C=O) groups is 1. The highest BCUT2D eigenvalue weighted by Crippen LogP contribution is 2.23. The fraction of sp³-hybridized carbons (Fsp3) is 0.417. The number of benzene rings is 1. The van der Waals surface area contributed by atoms with E-state index in [1.807, 2.05) is 6.92 Å². The van der Waals surface area contributed by atoms with E-state index in [1.165, 1.54) is 11.9 Å². The largest absolute Gasteiger partial charge is 0.342 e. The van der Waals surface area contributed by atoms with Gasteiger partial charge in [0.05, 0.1) is 10.5 Å². The standard InChI is InChI=1S/C12H17N3O5S/c1-4-7-14(3)12(16)10-6-5-9(15(17)18)8-11(10)21(19,20)13-2/h5-6,8,13H,4,7H2,1-3H3. The van der Waals surface area contributed by atoms with Crippen molar-refractivity contribution in [2.45, 2.75) is 18.2 Å². The van der Waals surface area contributed by atoms with Crippen LogP contribution in [0.2, 0.25) is 0 Å². The number of hydrogen-bond acceptors (Lipinski definition) is 5. The van der Waals surface area contributed by atoms with Crippen LogP contribution in [0.25, 0.3) is 0 Å². The maximum Gasteiger partial charge on any atom is 0.270 e. The molecule has 0 atom stereocenters. The van der Waals surface area contributed by atoms with Crippen LogP contribution in [-0.2, 0) is 10.0 Å². The first-order valence-corrected chi connectivity index (χ1v) is 7.70. The van der Waals surface area contributed by atoms with Gasteiger partial charge in [-0.2, -0.15) is 0 Å². The highest BCUT2D eigenvalue weighted by atomic mass is 32.2. The quantitative estimate of drug-likeness (QED) is 0.621. The van der Waals surface area contributed by atoms with E-state index in [0.29, 0.717) is 13.0 Å². The van der Waals surface area contributed by atoms with Crippen LogP contribution in [0.15, 0.2) is 23.1 Å². The van der Waals surface area contributed by atoms with Gasteiger partial charge in [-0.25, -0.2) is 13.1 Å². The van der Waals surface area contributed by atoms with Gasteiger partial charge in [-0.15, -0.1) is 0 Å². The van der Waals surface area contributed by atoms with E-state index in [4.69, 9.17) is 0 Å². The molecule has 0 spiro atoms. The second kappa shape index (κ2) is 6.64. The van der Waals surface area contributed by atoms with Gasteiger partial charge in [-0.1, -0.05) is 6.92 Å². The van der Waals surface area contributed by atoms with Crippen LogP contribution >= 0.6 is 0 Å². The molecule has 0 heterocycles. The first-order valence-electron chi connectivity index (χ1n) is 6.22. The lowest BCUT2D eigenvalue weighted by molar-refractivity contribution is -0.385. The number of rotatable bonds is 6. The average molecular weight is 315 g/mol. The summed E-state index contributed by atoms with van der Waals surface area (Å²) in [5.41, 5.74) is -0.482. The Morgan fingerprint density at radius 3 is 2.52 bits per heavy atom. The molecule has 21 heavy (non-hydrogen) atoms. The van der Waals surface area contributed by atoms with Gasteiger partial charge in [0, 0.05) is 25.7 Å². The molecular formula is C12H17N3O5S. The predicted octanol–water partition coefficient (Wildman–Crippen LogP) is 0.985. The Kier molecular flexibility index (Phi) is 5.39. The number of nitro benzene ring substituents is 1. The Morgan fingerprint density at radius 2 is 2.05 bits per heavy atom. The Hall–Kier alpha value is -2.00. The summed E-state index contributed by atoms with van der Waals surface area (Å²) < 4.78 is 26.0. The van der Waals surface area contributed by atoms with Crippen molar-refractivity contribution < 1.29 is 18.1 Å². The smallest absolute Gasteiger partial charge is 0.270 e. The average Bonchev–Trinajstić information content (AvgIpc) is 2.46. The number of nitrogens with zero attached hydrogens (tertiary/aromatic N) is 2. The zero-order chi connectivity index (χ0) is 16.2. The molecule has 0 saturated heterocycles. The second-order valence-electron chi connectivity index (χ2n) is 4.37. The van der Waals surface area contributed by atoms with Crippen molar-refractivity contribution in [3.8, 4) is 0 Å². The summed E-state index contributed by atoms with van der Waals surface area (Å²) in [4.78, 5) is 23.3. The summed E-state index contributed by atoms with van der Waals surface area (Å²) in [6.45, 7) is 2.33. The minimum absolute atomic E-state index is 0.0918. The molecule has 0 saturated carbocycles. The van der Waals surface area contributed by atoms with Gasteiger partial charge in [0.15, 0.2) is 0 Å². The fourth-order valence-corrected chi connectivity index (χ4v) is 2.72. The molecule has 1 rings (SSSR count). The van der Waals surface area contributed by atoms with Crippen molar-refractivity contribution in [2.24, 2.45) is 0 Å². The molecule has 0 aliphatic heterocycles. The molecule has 8 nitrogen and oxygen atoms in total. The van der Waals surface area contributed by atoms with Crippen molar-refractivity contribution in [1.82, 2.24) is 9.62 Å². The van der Waals surface area contributed by atoms with Crippen molar-refractivity contribution in [3.05, 3.63) is 33.9 Å². The SMILES string of the molecule is CCCN(C)C(=O)c1ccc([N+](=O)[O-])cc1S(=O)(=O)NC. The summed E-state index contributed by atoms with van der Waals surface area (Å²) >= 11 is 0. The van der Waals surface area contributed by atoms with E-state index in [0.717, 1.165) is 18.2 Å². The van der Waals surface area contributed by atoms with Crippen molar-refractivity contribution in [3.63, 3.8) is 0 Å². The van der Waals surface area contributed by atoms with Gasteiger partial charge in [0.25, 0.3) is 11.6 Å². The molecule has 116 valence electrons. The number of amides is 1. The molecule has 1 amide bonds. The summed E-state index contributed by atoms with van der Waals surface area (Å²) in [6, 6.07) is 3.16. The monoisotopic (exact) mass is 315 g/mol. The van der Waals surface area contributed by atoms with E-state index in [1.54, 1.807) is 7.05 Å². The highest BCUT2D eigenvalue weighted by molar-refractivity contribution is 7.89. The minimum Gasteiger partial charge on any atom is -0.342 e. The fourth-order valence-electron chi connectivity index (χ4n) is 1.78. The molecule has 0 unspecified atom stereocenters. The van der Waals surface area contributed by atoms with Crippen LogP contribution in [0.5, 0.6) is 0 Å². The van der Waals surface area contributed by atoms with E-state index in [2.05, 4.69) is 4.72 Å². The minimum atomic E-state index is -3.98. The van der Waals surface area contributed by atoms with Crippen molar-refractivity contribution in [1.29, 1.82) is 0 Å². The number of nitro groups is 1. The summed E-state index contributed by atoms with van der Waals surface area (Å²) in [7, 11) is -1.26. The van der Waals surface area contributed by atoms with Gasteiger partial charge in [0.1, 0.15) is 4.90 Å². The van der Waals surface area contributed by atoms with Crippen molar-refractivity contribution in [2.75, 3.05) is 20.6 Å². The summed E-state index contributed by atoms with van der Waals surface area (Å²) in [5, 5.41) is 10.8. The Morgan fingerprint density at radius 1 is 1.43 bits per heavy atom. The van der Waals surface area contributed by atoms with Gasteiger partial charge in [-0.3, -0.25) is 14.9 Å². The maximum absolute atomic E-state index is 12.3. The maximum atomic E-state index is 12.3. The zero-order valence-electron chi connectivity index (χ0n) is 12.0. The first kappa shape index (κ1) is 17.1. The third-order valence-electron chi connectivity index (χ3n) is 2.87. The van der Waals surface area contributed by atoms with Crippen LogP contribution in [0, 0.1) is 10.1 Å². The Labute approximate surface area is 123 Å². The van der Waals surface area contributed by atoms with Gasteiger partial charge in [-0.05, 0) is 19.5 Å². The predicted molar refractivity (Wildman–Crippen MR) is 76.6 cm³/mol. The first-order chi connectivity index (χ1) is 9.74. The molecular weight excluding hydrogens is 298 g/mol. The topological polar surface area (TPSA) is 110 Å². The third-order valence-corrected chi connectivity index (χ3v) is 4.32. The normalized spacial score (nSPS) is 11.2. The van der Waals surface area contributed by atoms with Crippen molar-refractivity contribution >= 4 is 21.6 Å². The van der Waals surface area contributed by atoms with Gasteiger partial charge >= 0.3 is 0 Å². The lowest BCUT2D eigenvalue weighted by atomic mass is 10.2. The van der Waals surface area contributed by atoms with Crippen LogP contribution in [0.4, 0.5) is 5.69 Å². The summed E-state index contributed by atoms with van der Waals surface area (Å²) in [5.74, 6) is -0.499. The lowest BCUT2D eigenvalue weighted by Crippen LogP contribution is -2.30. The lowest BCUT2D eigenvalue weighted by Gasteiger charge is -2.18. The molecule has 0 fully saturated rings. The molecule has 1 N–H and O–H groups in total. The number of sulfonamides is 1. The molecule has 0 bridgehead atoms. The van der Waals surface area contributed by atoms with E-state index in [9.17, 15) is 23.3 Å².